The van der Waals surface area contributed by atoms with Crippen LogP contribution in [0.15, 0.2) is 6.33 Å². The summed E-state index contributed by atoms with van der Waals surface area (Å²) in [6.45, 7) is 1.41. The molecule has 1 aromatic rings. The van der Waals surface area contributed by atoms with Gasteiger partial charge in [0.25, 0.3) is 5.91 Å². The van der Waals surface area contributed by atoms with E-state index < -0.39 is 12.1 Å². The number of nitrogens with two attached hydrogens (primary N) is 1. The Morgan fingerprint density at radius 2 is 2.39 bits per heavy atom. The Labute approximate surface area is 103 Å². The van der Waals surface area contributed by atoms with Gasteiger partial charge in [0.05, 0.1) is 0 Å². The van der Waals surface area contributed by atoms with Crippen LogP contribution in [0.1, 0.15) is 19.8 Å². The lowest BCUT2D eigenvalue weighted by atomic mass is 10.3. The molecule has 1 aromatic heterocycles. The number of hydrogen-bond donors (Lipinski definition) is 2. The molecule has 1 aliphatic carbocycles. The van der Waals surface area contributed by atoms with Crippen LogP contribution < -0.4 is 11.1 Å². The van der Waals surface area contributed by atoms with E-state index in [2.05, 4.69) is 15.4 Å². The van der Waals surface area contributed by atoms with Crippen LogP contribution >= 0.6 is 0 Å². The second-order valence-corrected chi connectivity index (χ2v) is 4.22. The van der Waals surface area contributed by atoms with Crippen molar-refractivity contribution < 1.29 is 14.3 Å². The van der Waals surface area contributed by atoms with E-state index >= 15 is 0 Å². The Hall–Kier alpha value is -2.12. The highest BCUT2D eigenvalue weighted by Crippen LogP contribution is 2.18. The third-order valence-corrected chi connectivity index (χ3v) is 2.45. The molecule has 1 amide bonds. The minimum absolute atomic E-state index is 0.0855. The summed E-state index contributed by atoms with van der Waals surface area (Å²) in [7, 11) is 0. The van der Waals surface area contributed by atoms with Crippen molar-refractivity contribution in [2.24, 2.45) is 0 Å². The van der Waals surface area contributed by atoms with E-state index in [1.807, 2.05) is 0 Å². The number of nitrogen functional groups attached to an aromatic ring is 1. The molecule has 0 spiro atoms. The summed E-state index contributed by atoms with van der Waals surface area (Å²) in [5.41, 5.74) is 5.31. The molecule has 1 heterocycles. The third-order valence-electron chi connectivity index (χ3n) is 2.45. The largest absolute Gasteiger partial charge is 0.451 e. The number of rotatable bonds is 5. The van der Waals surface area contributed by atoms with Crippen LogP contribution in [0.4, 0.5) is 5.95 Å². The zero-order chi connectivity index (χ0) is 13.1. The monoisotopic (exact) mass is 253 g/mol. The van der Waals surface area contributed by atoms with Crippen molar-refractivity contribution in [1.29, 1.82) is 0 Å². The van der Waals surface area contributed by atoms with Crippen molar-refractivity contribution in [3.63, 3.8) is 0 Å². The van der Waals surface area contributed by atoms with E-state index in [0.29, 0.717) is 0 Å². The second kappa shape index (κ2) is 5.03. The van der Waals surface area contributed by atoms with Gasteiger partial charge in [-0.25, -0.2) is 9.67 Å². The van der Waals surface area contributed by atoms with E-state index in [9.17, 15) is 9.59 Å². The van der Waals surface area contributed by atoms with Crippen LogP contribution in [0.2, 0.25) is 0 Å². The smallest absolute Gasteiger partial charge is 0.328 e. The summed E-state index contributed by atoms with van der Waals surface area (Å²) in [4.78, 5) is 26.7. The van der Waals surface area contributed by atoms with Crippen LogP contribution in [0, 0.1) is 0 Å². The van der Waals surface area contributed by atoms with Gasteiger partial charge in [-0.05, 0) is 19.8 Å². The fourth-order valence-electron chi connectivity index (χ4n) is 1.35. The first kappa shape index (κ1) is 12.3. The molecule has 0 bridgehead atoms. The fourth-order valence-corrected chi connectivity index (χ4v) is 1.35. The number of carbonyl (C=O) groups excluding carboxylic acids is 2. The average Bonchev–Trinajstić information content (AvgIpc) is 3.01. The van der Waals surface area contributed by atoms with Crippen molar-refractivity contribution in [3.8, 4) is 0 Å². The number of amides is 1. The van der Waals surface area contributed by atoms with Gasteiger partial charge in [-0.1, -0.05) is 0 Å². The minimum Gasteiger partial charge on any atom is -0.451 e. The van der Waals surface area contributed by atoms with E-state index in [1.165, 1.54) is 17.9 Å². The third kappa shape index (κ3) is 3.44. The molecule has 1 fully saturated rings. The number of anilines is 1. The number of nitrogens with zero attached hydrogens (tertiary/aromatic N) is 3. The average molecular weight is 253 g/mol. The lowest BCUT2D eigenvalue weighted by molar-refractivity contribution is -0.155. The topological polar surface area (TPSA) is 112 Å². The first-order chi connectivity index (χ1) is 8.54. The van der Waals surface area contributed by atoms with Gasteiger partial charge in [0.15, 0.2) is 6.10 Å². The number of nitrogens with one attached hydrogen (secondary N) is 1. The molecule has 8 nitrogen and oxygen atoms in total. The first-order valence-corrected chi connectivity index (χ1v) is 5.69. The fraction of sp³-hybridized carbons (Fsp3) is 0.600. The molecule has 2 rings (SSSR count). The van der Waals surface area contributed by atoms with E-state index in [4.69, 9.17) is 10.5 Å². The molecule has 8 heteroatoms. The maximum Gasteiger partial charge on any atom is 0.328 e. The van der Waals surface area contributed by atoms with Crippen molar-refractivity contribution in [1.82, 2.24) is 20.1 Å². The lowest BCUT2D eigenvalue weighted by Crippen LogP contribution is -2.37. The second-order valence-electron chi connectivity index (χ2n) is 4.22. The lowest BCUT2D eigenvalue weighted by Gasteiger charge is -2.12. The molecule has 0 radical (unpaired) electrons. The quantitative estimate of drug-likeness (QED) is 0.656. The molecule has 0 aromatic carbocycles. The molecule has 1 saturated carbocycles. The molecule has 0 aliphatic heterocycles. The van der Waals surface area contributed by atoms with Gasteiger partial charge < -0.3 is 15.8 Å². The molecule has 1 unspecified atom stereocenters. The number of esters is 1. The molecule has 98 valence electrons. The van der Waals surface area contributed by atoms with Crippen molar-refractivity contribution >= 4 is 17.8 Å². The Kier molecular flexibility index (Phi) is 3.45. The van der Waals surface area contributed by atoms with Crippen LogP contribution in [0.25, 0.3) is 0 Å². The van der Waals surface area contributed by atoms with Gasteiger partial charge >= 0.3 is 5.97 Å². The summed E-state index contributed by atoms with van der Waals surface area (Å²) < 4.78 is 6.23. The molecule has 18 heavy (non-hydrogen) atoms. The predicted octanol–water partition coefficient (Wildman–Crippen LogP) is -0.929. The zero-order valence-corrected chi connectivity index (χ0v) is 10.00. The SMILES string of the molecule is CC(OC(=O)Cn1cnc(N)n1)C(=O)NC1CC1. The minimum atomic E-state index is -0.807. The van der Waals surface area contributed by atoms with Crippen LogP contribution in [-0.2, 0) is 20.9 Å². The normalized spacial score (nSPS) is 16.1. The summed E-state index contributed by atoms with van der Waals surface area (Å²) in [6.07, 6.45) is 2.50. The Balaban J connectivity index is 1.77. The van der Waals surface area contributed by atoms with Gasteiger partial charge in [-0.15, -0.1) is 5.10 Å². The number of ether oxygens (including phenoxy) is 1. The molecule has 3 N–H and O–H groups in total. The van der Waals surface area contributed by atoms with E-state index in [0.717, 1.165) is 12.8 Å². The van der Waals surface area contributed by atoms with Crippen molar-refractivity contribution in [2.75, 3.05) is 5.73 Å². The highest BCUT2D eigenvalue weighted by Gasteiger charge is 2.27. The maximum atomic E-state index is 11.5. The van der Waals surface area contributed by atoms with Crippen molar-refractivity contribution in [3.05, 3.63) is 6.33 Å². The summed E-state index contributed by atoms with van der Waals surface area (Å²) in [5, 5.41) is 6.50. The van der Waals surface area contributed by atoms with E-state index in [-0.39, 0.29) is 24.4 Å². The zero-order valence-electron chi connectivity index (χ0n) is 10.00. The highest BCUT2D eigenvalue weighted by atomic mass is 16.5. The Bertz CT molecular complexity index is 454. The summed E-state index contributed by atoms with van der Waals surface area (Å²) in [6, 6.07) is 0.244. The molecule has 0 saturated heterocycles. The van der Waals surface area contributed by atoms with Crippen LogP contribution in [0.3, 0.4) is 0 Å². The van der Waals surface area contributed by atoms with Gasteiger partial charge in [0, 0.05) is 6.04 Å². The first-order valence-electron chi connectivity index (χ1n) is 5.69. The molecule has 1 atom stereocenters. The highest BCUT2D eigenvalue weighted by molar-refractivity contribution is 5.83. The van der Waals surface area contributed by atoms with Gasteiger partial charge in [0.2, 0.25) is 5.95 Å². The maximum absolute atomic E-state index is 11.5. The number of hydrogen-bond acceptors (Lipinski definition) is 6. The van der Waals surface area contributed by atoms with Gasteiger partial charge in [0.1, 0.15) is 12.9 Å². The standard InChI is InChI=1S/C10H15N5O3/c1-6(9(17)13-7-2-3-7)18-8(16)4-15-5-12-10(11)14-15/h5-7H,2-4H2,1H3,(H2,11,14)(H,13,17). The van der Waals surface area contributed by atoms with Gasteiger partial charge in [-0.2, -0.15) is 0 Å². The molecular formula is C10H15N5O3. The summed E-state index contributed by atoms with van der Waals surface area (Å²) >= 11 is 0. The number of carbonyl (C=O) groups is 2. The van der Waals surface area contributed by atoms with Crippen LogP contribution in [-0.4, -0.2) is 38.8 Å². The van der Waals surface area contributed by atoms with E-state index in [1.54, 1.807) is 0 Å². The Morgan fingerprint density at radius 1 is 1.67 bits per heavy atom. The summed E-state index contributed by atoms with van der Waals surface area (Å²) in [5.74, 6) is -0.746. The molecule has 1 aliphatic rings. The van der Waals surface area contributed by atoms with Crippen molar-refractivity contribution in [2.45, 2.75) is 38.5 Å². The number of aromatic nitrogens is 3. The molecular weight excluding hydrogens is 238 g/mol. The predicted molar refractivity (Wildman–Crippen MR) is 61.2 cm³/mol. The van der Waals surface area contributed by atoms with Crippen LogP contribution in [0.5, 0.6) is 0 Å². The van der Waals surface area contributed by atoms with Gasteiger partial charge in [-0.3, -0.25) is 9.59 Å². The Morgan fingerprint density at radius 3 is 2.94 bits per heavy atom.